The highest BCUT2D eigenvalue weighted by Gasteiger charge is 2.43. The highest BCUT2D eigenvalue weighted by molar-refractivity contribution is 5.87. The molecule has 5 rings (SSSR count). The number of rotatable bonds is 5. The number of aromatic nitrogens is 4. The molecule has 1 aromatic carbocycles. The Morgan fingerprint density at radius 2 is 1.81 bits per heavy atom. The van der Waals surface area contributed by atoms with E-state index in [1.807, 2.05) is 0 Å². The first-order chi connectivity index (χ1) is 17.8. The Morgan fingerprint density at radius 3 is 2.49 bits per heavy atom. The SMILES string of the molecule is CC1(C(=O)OC(N)=O)COC(c2nc(-c3ccc(F)cc3)c(-c3ccnc(N4CCCCC4)n3)[nH]2)OC1. The highest BCUT2D eigenvalue weighted by atomic mass is 19.1. The van der Waals surface area contributed by atoms with Crippen LogP contribution in [0.3, 0.4) is 0 Å². The zero-order valence-electron chi connectivity index (χ0n) is 20.3. The number of carbonyl (C=O) groups excluding carboxylic acids is 2. The lowest BCUT2D eigenvalue weighted by Crippen LogP contribution is -2.45. The van der Waals surface area contributed by atoms with Gasteiger partial charge in [0.15, 0.2) is 5.82 Å². The molecule has 0 aliphatic carbocycles. The lowest BCUT2D eigenvalue weighted by molar-refractivity contribution is -0.236. The number of nitrogens with one attached hydrogen (secondary N) is 1. The number of carbonyl (C=O) groups is 2. The van der Waals surface area contributed by atoms with Crippen LogP contribution >= 0.6 is 0 Å². The molecule has 37 heavy (non-hydrogen) atoms. The molecule has 11 nitrogen and oxygen atoms in total. The van der Waals surface area contributed by atoms with Crippen molar-refractivity contribution in [1.82, 2.24) is 19.9 Å². The number of H-pyrrole nitrogens is 1. The summed E-state index contributed by atoms with van der Waals surface area (Å²) in [5, 5.41) is 0. The van der Waals surface area contributed by atoms with Gasteiger partial charge < -0.3 is 29.8 Å². The van der Waals surface area contributed by atoms with E-state index in [-0.39, 0.29) is 19.0 Å². The highest BCUT2D eigenvalue weighted by Crippen LogP contribution is 2.36. The molecule has 0 atom stereocenters. The zero-order valence-corrected chi connectivity index (χ0v) is 20.3. The molecule has 2 fully saturated rings. The number of primary amides is 1. The van der Waals surface area contributed by atoms with Crippen molar-refractivity contribution in [3.8, 4) is 22.6 Å². The smallest absolute Gasteiger partial charge is 0.376 e. The lowest BCUT2D eigenvalue weighted by Gasteiger charge is -2.34. The number of hydrogen-bond acceptors (Lipinski definition) is 9. The summed E-state index contributed by atoms with van der Waals surface area (Å²) in [6.45, 7) is 3.16. The first kappa shape index (κ1) is 24.8. The molecular weight excluding hydrogens is 483 g/mol. The normalized spacial score (nSPS) is 22.0. The second-order valence-electron chi connectivity index (χ2n) is 9.37. The van der Waals surface area contributed by atoms with Crippen LogP contribution in [0.2, 0.25) is 0 Å². The van der Waals surface area contributed by atoms with E-state index in [1.165, 1.54) is 18.6 Å². The van der Waals surface area contributed by atoms with E-state index in [0.29, 0.717) is 34.4 Å². The minimum atomic E-state index is -1.21. The Bertz CT molecular complexity index is 1280. The van der Waals surface area contributed by atoms with Crippen molar-refractivity contribution in [2.45, 2.75) is 32.5 Å². The number of nitrogens with two attached hydrogens (primary N) is 1. The average molecular weight is 511 g/mol. The number of hydrogen-bond donors (Lipinski definition) is 2. The van der Waals surface area contributed by atoms with Gasteiger partial charge in [-0.1, -0.05) is 0 Å². The fraction of sp³-hybridized carbons (Fsp3) is 0.400. The number of piperidine rings is 1. The van der Waals surface area contributed by atoms with Gasteiger partial charge in [-0.2, -0.15) is 0 Å². The van der Waals surface area contributed by atoms with Crippen molar-refractivity contribution in [2.75, 3.05) is 31.2 Å². The number of ether oxygens (including phenoxy) is 3. The quantitative estimate of drug-likeness (QED) is 0.390. The summed E-state index contributed by atoms with van der Waals surface area (Å²) < 4.78 is 29.7. The molecule has 3 aromatic rings. The third-order valence-electron chi connectivity index (χ3n) is 6.39. The summed E-state index contributed by atoms with van der Waals surface area (Å²) in [5.74, 6) is -0.224. The number of anilines is 1. The van der Waals surface area contributed by atoms with Crippen LogP contribution in [0.15, 0.2) is 36.5 Å². The van der Waals surface area contributed by atoms with Crippen molar-refractivity contribution in [2.24, 2.45) is 11.1 Å². The average Bonchev–Trinajstić information content (AvgIpc) is 3.35. The first-order valence-corrected chi connectivity index (χ1v) is 12.0. The second kappa shape index (κ2) is 10.2. The summed E-state index contributed by atoms with van der Waals surface area (Å²) in [6.07, 6.45) is 2.95. The molecule has 3 N–H and O–H groups in total. The van der Waals surface area contributed by atoms with Gasteiger partial charge >= 0.3 is 12.1 Å². The Balaban J connectivity index is 1.45. The van der Waals surface area contributed by atoms with Crippen molar-refractivity contribution < 1.29 is 28.2 Å². The van der Waals surface area contributed by atoms with E-state index in [0.717, 1.165) is 25.9 Å². The standard InChI is InChI=1S/C25H27FN6O5/c1-25(22(33)37-23(27)34)13-35-21(36-14-25)20-30-18(15-5-7-16(26)8-6-15)19(31-20)17-9-10-28-24(29-17)32-11-3-2-4-12-32/h5-10,21H,2-4,11-14H2,1H3,(H2,27,34)(H,30,31). The van der Waals surface area contributed by atoms with Crippen LogP contribution < -0.4 is 10.6 Å². The lowest BCUT2D eigenvalue weighted by atomic mass is 9.92. The van der Waals surface area contributed by atoms with Gasteiger partial charge in [0, 0.05) is 24.8 Å². The van der Waals surface area contributed by atoms with Gasteiger partial charge in [0.25, 0.3) is 0 Å². The number of imidazole rings is 1. The van der Waals surface area contributed by atoms with Crippen molar-refractivity contribution in [1.29, 1.82) is 0 Å². The minimum Gasteiger partial charge on any atom is -0.376 e. The summed E-state index contributed by atoms with van der Waals surface area (Å²) in [7, 11) is 0. The molecule has 2 aliphatic rings. The van der Waals surface area contributed by atoms with Crippen LogP contribution in [0.25, 0.3) is 22.6 Å². The van der Waals surface area contributed by atoms with Crippen molar-refractivity contribution in [3.63, 3.8) is 0 Å². The Kier molecular flexibility index (Phi) is 6.85. The molecule has 0 radical (unpaired) electrons. The van der Waals surface area contributed by atoms with Crippen LogP contribution in [0.5, 0.6) is 0 Å². The summed E-state index contributed by atoms with van der Waals surface area (Å²) in [4.78, 5) is 42.6. The minimum absolute atomic E-state index is 0.0850. The molecule has 0 unspecified atom stereocenters. The molecule has 2 aliphatic heterocycles. The van der Waals surface area contributed by atoms with E-state index >= 15 is 0 Å². The van der Waals surface area contributed by atoms with Gasteiger partial charge in [-0.15, -0.1) is 0 Å². The third kappa shape index (κ3) is 5.30. The summed E-state index contributed by atoms with van der Waals surface area (Å²) >= 11 is 0. The molecule has 4 heterocycles. The fourth-order valence-electron chi connectivity index (χ4n) is 4.34. The zero-order chi connectivity index (χ0) is 26.0. The fourth-order valence-corrected chi connectivity index (χ4v) is 4.34. The Morgan fingerprint density at radius 1 is 1.11 bits per heavy atom. The van der Waals surface area contributed by atoms with Gasteiger partial charge in [-0.25, -0.2) is 24.1 Å². The molecule has 12 heteroatoms. The van der Waals surface area contributed by atoms with Gasteiger partial charge in [-0.05, 0) is 56.5 Å². The maximum Gasteiger partial charge on any atom is 0.412 e. The molecule has 0 saturated carbocycles. The summed E-state index contributed by atoms with van der Waals surface area (Å²) in [5.41, 5.74) is 6.16. The molecule has 194 valence electrons. The second-order valence-corrected chi connectivity index (χ2v) is 9.37. The molecule has 1 amide bonds. The number of benzene rings is 1. The Hall–Kier alpha value is -3.90. The van der Waals surface area contributed by atoms with Crippen LogP contribution in [0.4, 0.5) is 15.1 Å². The van der Waals surface area contributed by atoms with E-state index in [4.69, 9.17) is 25.2 Å². The number of nitrogens with zero attached hydrogens (tertiary/aromatic N) is 4. The van der Waals surface area contributed by atoms with E-state index in [2.05, 4.69) is 19.6 Å². The van der Waals surface area contributed by atoms with E-state index < -0.39 is 23.8 Å². The Labute approximate surface area is 212 Å². The van der Waals surface area contributed by atoms with Gasteiger partial charge in [0.1, 0.15) is 11.2 Å². The van der Waals surface area contributed by atoms with Gasteiger partial charge in [0.05, 0.1) is 30.3 Å². The number of esters is 1. The van der Waals surface area contributed by atoms with E-state index in [1.54, 1.807) is 31.3 Å². The summed E-state index contributed by atoms with van der Waals surface area (Å²) in [6, 6.07) is 7.75. The predicted octanol–water partition coefficient (Wildman–Crippen LogP) is 3.34. The predicted molar refractivity (Wildman–Crippen MR) is 129 cm³/mol. The largest absolute Gasteiger partial charge is 0.412 e. The van der Waals surface area contributed by atoms with Crippen molar-refractivity contribution >= 4 is 18.0 Å². The number of aromatic amines is 1. The van der Waals surface area contributed by atoms with Crippen LogP contribution in [-0.2, 0) is 19.0 Å². The van der Waals surface area contributed by atoms with Crippen LogP contribution in [0.1, 0.15) is 38.3 Å². The molecule has 0 bridgehead atoms. The third-order valence-corrected chi connectivity index (χ3v) is 6.39. The monoisotopic (exact) mass is 510 g/mol. The van der Waals surface area contributed by atoms with Gasteiger partial charge in [0.2, 0.25) is 12.2 Å². The topological polar surface area (TPSA) is 146 Å². The molecule has 2 saturated heterocycles. The molecular formula is C25H27FN6O5. The molecule has 2 aromatic heterocycles. The maximum atomic E-state index is 13.6. The number of amides is 1. The maximum absolute atomic E-state index is 13.6. The van der Waals surface area contributed by atoms with Gasteiger partial charge in [-0.3, -0.25) is 4.79 Å². The van der Waals surface area contributed by atoms with E-state index in [9.17, 15) is 14.0 Å². The van der Waals surface area contributed by atoms with Crippen LogP contribution in [-0.4, -0.2) is 58.3 Å². The first-order valence-electron chi connectivity index (χ1n) is 12.0. The molecule has 0 spiro atoms. The van der Waals surface area contributed by atoms with Crippen LogP contribution in [0, 0.1) is 11.2 Å². The number of halogens is 1. The van der Waals surface area contributed by atoms with Crippen molar-refractivity contribution in [3.05, 3.63) is 48.2 Å².